The number of terminal acetylenes is 1. The molecule has 0 aliphatic rings. The van der Waals surface area contributed by atoms with Gasteiger partial charge in [-0.2, -0.15) is 10.4 Å². The standard InChI is InChI=1S/C13H11N3O2/c1-2-5-17-6-7-18-12-3-4-13-11(8-14)9-15-16(13)10-12/h1,3-4,9-10H,5-7H2. The van der Waals surface area contributed by atoms with Crippen LogP contribution in [-0.4, -0.2) is 29.4 Å². The molecule has 0 unspecified atom stereocenters. The van der Waals surface area contributed by atoms with Crippen molar-refractivity contribution in [2.24, 2.45) is 0 Å². The molecule has 0 radical (unpaired) electrons. The normalized spacial score (nSPS) is 9.89. The van der Waals surface area contributed by atoms with Crippen LogP contribution in [0.5, 0.6) is 5.75 Å². The Kier molecular flexibility index (Phi) is 3.80. The van der Waals surface area contributed by atoms with Crippen molar-refractivity contribution in [1.82, 2.24) is 9.61 Å². The van der Waals surface area contributed by atoms with Crippen LogP contribution in [0, 0.1) is 23.7 Å². The molecule has 0 atom stereocenters. The summed E-state index contributed by atoms with van der Waals surface area (Å²) in [6.45, 7) is 1.14. The predicted molar refractivity (Wildman–Crippen MR) is 65.1 cm³/mol. The Morgan fingerprint density at radius 3 is 3.06 bits per heavy atom. The summed E-state index contributed by atoms with van der Waals surface area (Å²) in [7, 11) is 0. The van der Waals surface area contributed by atoms with Crippen LogP contribution in [0.1, 0.15) is 5.56 Å². The molecule has 0 saturated heterocycles. The minimum Gasteiger partial charge on any atom is -0.490 e. The zero-order valence-corrected chi connectivity index (χ0v) is 9.67. The Morgan fingerprint density at radius 1 is 1.39 bits per heavy atom. The van der Waals surface area contributed by atoms with E-state index < -0.39 is 0 Å². The maximum Gasteiger partial charge on any atom is 0.137 e. The van der Waals surface area contributed by atoms with Crippen molar-refractivity contribution in [2.45, 2.75) is 0 Å². The van der Waals surface area contributed by atoms with Gasteiger partial charge in [-0.3, -0.25) is 0 Å². The van der Waals surface area contributed by atoms with Crippen LogP contribution in [0.4, 0.5) is 0 Å². The van der Waals surface area contributed by atoms with Crippen molar-refractivity contribution < 1.29 is 9.47 Å². The summed E-state index contributed by atoms with van der Waals surface area (Å²) in [6, 6.07) is 5.66. The molecule has 2 aromatic heterocycles. The van der Waals surface area contributed by atoms with Gasteiger partial charge in [-0.25, -0.2) is 4.52 Å². The zero-order valence-electron chi connectivity index (χ0n) is 9.67. The second-order valence-electron chi connectivity index (χ2n) is 3.47. The molecule has 0 aliphatic carbocycles. The monoisotopic (exact) mass is 241 g/mol. The molecule has 0 spiro atoms. The quantitative estimate of drug-likeness (QED) is 0.583. The minimum absolute atomic E-state index is 0.285. The van der Waals surface area contributed by atoms with Crippen LogP contribution < -0.4 is 4.74 Å². The van der Waals surface area contributed by atoms with Gasteiger partial charge in [0.1, 0.15) is 25.0 Å². The van der Waals surface area contributed by atoms with Crippen molar-refractivity contribution in [2.75, 3.05) is 19.8 Å². The third-order valence-corrected chi connectivity index (χ3v) is 2.29. The molecule has 0 amide bonds. The van der Waals surface area contributed by atoms with Gasteiger partial charge < -0.3 is 9.47 Å². The van der Waals surface area contributed by atoms with E-state index in [2.05, 4.69) is 17.1 Å². The molecule has 0 N–H and O–H groups in total. The zero-order chi connectivity index (χ0) is 12.8. The van der Waals surface area contributed by atoms with Gasteiger partial charge >= 0.3 is 0 Å². The molecule has 0 aromatic carbocycles. The van der Waals surface area contributed by atoms with E-state index in [-0.39, 0.29) is 6.61 Å². The van der Waals surface area contributed by atoms with Gasteiger partial charge in [0.2, 0.25) is 0 Å². The number of nitriles is 1. The number of nitrogens with zero attached hydrogens (tertiary/aromatic N) is 3. The van der Waals surface area contributed by atoms with Crippen molar-refractivity contribution in [3.05, 3.63) is 30.1 Å². The molecule has 2 heterocycles. The van der Waals surface area contributed by atoms with Gasteiger partial charge in [-0.15, -0.1) is 6.42 Å². The first-order chi connectivity index (χ1) is 8.85. The third kappa shape index (κ3) is 2.60. The Morgan fingerprint density at radius 2 is 2.28 bits per heavy atom. The van der Waals surface area contributed by atoms with Gasteiger partial charge in [-0.05, 0) is 12.1 Å². The summed E-state index contributed by atoms with van der Waals surface area (Å²) < 4.78 is 12.2. The Labute approximate surface area is 105 Å². The highest BCUT2D eigenvalue weighted by molar-refractivity contribution is 5.60. The summed E-state index contributed by atoms with van der Waals surface area (Å²) in [5.41, 5.74) is 1.30. The first-order valence-electron chi connectivity index (χ1n) is 5.36. The molecule has 0 saturated carbocycles. The van der Waals surface area contributed by atoms with Crippen molar-refractivity contribution in [1.29, 1.82) is 5.26 Å². The SMILES string of the molecule is C#CCOCCOc1ccc2c(C#N)cnn2c1. The largest absolute Gasteiger partial charge is 0.490 e. The number of rotatable bonds is 5. The van der Waals surface area contributed by atoms with E-state index in [4.69, 9.17) is 21.2 Å². The van der Waals surface area contributed by atoms with Gasteiger partial charge in [-0.1, -0.05) is 5.92 Å². The summed E-state index contributed by atoms with van der Waals surface area (Å²) in [5.74, 6) is 3.04. The fraction of sp³-hybridized carbons (Fsp3) is 0.231. The third-order valence-electron chi connectivity index (χ3n) is 2.29. The van der Waals surface area contributed by atoms with Crippen LogP contribution in [0.25, 0.3) is 5.52 Å². The van der Waals surface area contributed by atoms with Gasteiger partial charge in [0.05, 0.1) is 30.1 Å². The van der Waals surface area contributed by atoms with Crippen LogP contribution in [0.2, 0.25) is 0 Å². The Balaban J connectivity index is 1.99. The number of hydrogen-bond acceptors (Lipinski definition) is 4. The summed E-state index contributed by atoms with van der Waals surface area (Å²) in [4.78, 5) is 0. The Hall–Kier alpha value is -2.50. The van der Waals surface area contributed by atoms with Crippen molar-refractivity contribution in [3.63, 3.8) is 0 Å². The number of pyridine rings is 1. The average Bonchev–Trinajstić information content (AvgIpc) is 2.80. The molecule has 5 heteroatoms. The van der Waals surface area contributed by atoms with Crippen LogP contribution >= 0.6 is 0 Å². The molecule has 2 rings (SSSR count). The lowest BCUT2D eigenvalue weighted by molar-refractivity contribution is 0.124. The topological polar surface area (TPSA) is 59.5 Å². The molecule has 18 heavy (non-hydrogen) atoms. The molecular weight excluding hydrogens is 230 g/mol. The van der Waals surface area contributed by atoms with E-state index in [1.807, 2.05) is 0 Å². The molecule has 0 fully saturated rings. The van der Waals surface area contributed by atoms with Gasteiger partial charge in [0, 0.05) is 0 Å². The number of hydrogen-bond donors (Lipinski definition) is 0. The first kappa shape index (κ1) is 12.0. The lowest BCUT2D eigenvalue weighted by Gasteiger charge is -2.06. The van der Waals surface area contributed by atoms with Crippen molar-refractivity contribution in [3.8, 4) is 24.2 Å². The van der Waals surface area contributed by atoms with E-state index in [9.17, 15) is 0 Å². The van der Waals surface area contributed by atoms with Gasteiger partial charge in [0.15, 0.2) is 0 Å². The minimum atomic E-state index is 0.285. The van der Waals surface area contributed by atoms with Gasteiger partial charge in [0.25, 0.3) is 0 Å². The number of ether oxygens (including phenoxy) is 2. The maximum absolute atomic E-state index is 8.85. The van der Waals surface area contributed by atoms with Crippen LogP contribution in [-0.2, 0) is 4.74 Å². The Bertz CT molecular complexity index is 619. The number of aromatic nitrogens is 2. The highest BCUT2D eigenvalue weighted by Crippen LogP contribution is 2.15. The molecular formula is C13H11N3O2. The van der Waals surface area contributed by atoms with E-state index in [1.165, 1.54) is 6.20 Å². The fourth-order valence-corrected chi connectivity index (χ4v) is 1.49. The first-order valence-corrected chi connectivity index (χ1v) is 5.36. The number of fused-ring (bicyclic) bond motifs is 1. The van der Waals surface area contributed by atoms with E-state index in [0.717, 1.165) is 5.52 Å². The molecule has 90 valence electrons. The highest BCUT2D eigenvalue weighted by Gasteiger charge is 2.03. The molecule has 2 aromatic rings. The molecule has 0 aliphatic heterocycles. The second kappa shape index (κ2) is 5.72. The predicted octanol–water partition coefficient (Wildman–Crippen LogP) is 1.23. The average molecular weight is 241 g/mol. The van der Waals surface area contributed by atoms with E-state index in [0.29, 0.717) is 24.5 Å². The summed E-state index contributed by atoms with van der Waals surface area (Å²) >= 11 is 0. The van der Waals surface area contributed by atoms with Crippen LogP contribution in [0.3, 0.4) is 0 Å². The smallest absolute Gasteiger partial charge is 0.137 e. The summed E-state index contributed by atoms with van der Waals surface area (Å²) in [6.07, 6.45) is 8.29. The van der Waals surface area contributed by atoms with Crippen LogP contribution in [0.15, 0.2) is 24.5 Å². The molecule has 0 bridgehead atoms. The van der Waals surface area contributed by atoms with E-state index in [1.54, 1.807) is 22.8 Å². The van der Waals surface area contributed by atoms with E-state index >= 15 is 0 Å². The second-order valence-corrected chi connectivity index (χ2v) is 3.47. The lowest BCUT2D eigenvalue weighted by atomic mass is 10.3. The van der Waals surface area contributed by atoms with Crippen molar-refractivity contribution >= 4 is 5.52 Å². The highest BCUT2D eigenvalue weighted by atomic mass is 16.5. The summed E-state index contributed by atoms with van der Waals surface area (Å²) in [5, 5.41) is 12.9. The fourth-order valence-electron chi connectivity index (χ4n) is 1.49. The lowest BCUT2D eigenvalue weighted by Crippen LogP contribution is -2.07. The molecule has 5 nitrogen and oxygen atoms in total. The maximum atomic E-state index is 8.85.